The number of rotatable bonds is 1. The van der Waals surface area contributed by atoms with Gasteiger partial charge in [-0.05, 0) is 36.6 Å². The van der Waals surface area contributed by atoms with Crippen LogP contribution in [0.15, 0.2) is 24.3 Å². The minimum Gasteiger partial charge on any atom is -0.504 e. The molecule has 0 aliphatic carbocycles. The van der Waals surface area contributed by atoms with Crippen LogP contribution in [0.1, 0.15) is 24.1 Å². The number of hydrogen-bond acceptors (Lipinski definition) is 3. The fraction of sp³-hybridized carbons (Fsp3) is 0.333. The summed E-state index contributed by atoms with van der Waals surface area (Å²) in [6.45, 7) is 2.86. The molecule has 0 saturated heterocycles. The summed E-state index contributed by atoms with van der Waals surface area (Å²) in [5.41, 5.74) is 2.15. The Hall–Kier alpha value is -1.48. The van der Waals surface area contributed by atoms with Crippen LogP contribution in [0.3, 0.4) is 0 Å². The van der Waals surface area contributed by atoms with Gasteiger partial charge in [0.15, 0.2) is 11.5 Å². The zero-order chi connectivity index (χ0) is 10.8. The largest absolute Gasteiger partial charge is 0.504 e. The van der Waals surface area contributed by atoms with E-state index in [1.54, 1.807) is 12.1 Å². The third kappa shape index (κ3) is 1.83. The summed E-state index contributed by atoms with van der Waals surface area (Å²) in [4.78, 5) is 0. The van der Waals surface area contributed by atoms with Gasteiger partial charge < -0.3 is 15.5 Å². The standard InChI is InChI=1S/C12H15NO2/c1-2-3-10-9-7-12(15)11(14)6-8(9)4-5-13-10/h2-3,6-7,10,13-15H,4-5H2,1H3. The Morgan fingerprint density at radius 3 is 2.80 bits per heavy atom. The van der Waals surface area contributed by atoms with Crippen LogP contribution in [0.2, 0.25) is 0 Å². The van der Waals surface area contributed by atoms with Gasteiger partial charge in [-0.3, -0.25) is 0 Å². The maximum atomic E-state index is 9.46. The molecule has 3 heteroatoms. The van der Waals surface area contributed by atoms with Crippen molar-refractivity contribution >= 4 is 0 Å². The highest BCUT2D eigenvalue weighted by Gasteiger charge is 2.19. The predicted molar refractivity (Wildman–Crippen MR) is 59.0 cm³/mol. The van der Waals surface area contributed by atoms with E-state index in [9.17, 15) is 10.2 Å². The molecule has 3 nitrogen and oxygen atoms in total. The monoisotopic (exact) mass is 205 g/mol. The Balaban J connectivity index is 2.46. The number of aromatic hydroxyl groups is 2. The number of allylic oxidation sites excluding steroid dienone is 1. The molecule has 1 unspecified atom stereocenters. The molecule has 0 amide bonds. The second-order valence-corrected chi connectivity index (χ2v) is 3.75. The first-order valence-corrected chi connectivity index (χ1v) is 5.13. The molecule has 3 N–H and O–H groups in total. The molecule has 0 radical (unpaired) electrons. The minimum atomic E-state index is -0.0491. The molecule has 80 valence electrons. The smallest absolute Gasteiger partial charge is 0.157 e. The Bertz CT molecular complexity index is 399. The van der Waals surface area contributed by atoms with Gasteiger partial charge in [0.05, 0.1) is 6.04 Å². The molecule has 0 spiro atoms. The number of hydrogen-bond donors (Lipinski definition) is 3. The minimum absolute atomic E-state index is 0.0325. The van der Waals surface area contributed by atoms with E-state index < -0.39 is 0 Å². The average molecular weight is 205 g/mol. The van der Waals surface area contributed by atoms with Gasteiger partial charge in [-0.2, -0.15) is 0 Å². The highest BCUT2D eigenvalue weighted by molar-refractivity contribution is 5.48. The van der Waals surface area contributed by atoms with E-state index in [-0.39, 0.29) is 17.5 Å². The Morgan fingerprint density at radius 2 is 2.07 bits per heavy atom. The summed E-state index contributed by atoms with van der Waals surface area (Å²) < 4.78 is 0. The first-order chi connectivity index (χ1) is 7.22. The lowest BCUT2D eigenvalue weighted by Crippen LogP contribution is -2.28. The van der Waals surface area contributed by atoms with E-state index in [1.807, 2.05) is 13.0 Å². The molecule has 15 heavy (non-hydrogen) atoms. The van der Waals surface area contributed by atoms with E-state index in [0.717, 1.165) is 24.1 Å². The maximum absolute atomic E-state index is 9.46. The predicted octanol–water partition coefficient (Wildman–Crippen LogP) is 1.86. The molecule has 1 aliphatic rings. The number of nitrogens with one attached hydrogen (secondary N) is 1. The summed E-state index contributed by atoms with van der Waals surface area (Å²) in [7, 11) is 0. The lowest BCUT2D eigenvalue weighted by atomic mass is 9.93. The fourth-order valence-electron chi connectivity index (χ4n) is 1.98. The lowest BCUT2D eigenvalue weighted by Gasteiger charge is -2.25. The van der Waals surface area contributed by atoms with Gasteiger partial charge in [-0.1, -0.05) is 12.2 Å². The Kier molecular flexibility index (Phi) is 2.64. The quantitative estimate of drug-likeness (QED) is 0.484. The third-order valence-corrected chi connectivity index (χ3v) is 2.71. The van der Waals surface area contributed by atoms with Crippen molar-refractivity contribution in [3.63, 3.8) is 0 Å². The molecule has 0 bridgehead atoms. The lowest BCUT2D eigenvalue weighted by molar-refractivity contribution is 0.400. The van der Waals surface area contributed by atoms with Crippen molar-refractivity contribution in [1.82, 2.24) is 5.32 Å². The number of benzene rings is 1. The number of phenolic OH excluding ortho intramolecular Hbond substituents is 2. The highest BCUT2D eigenvalue weighted by atomic mass is 16.3. The van der Waals surface area contributed by atoms with E-state index in [2.05, 4.69) is 11.4 Å². The van der Waals surface area contributed by atoms with Gasteiger partial charge in [-0.15, -0.1) is 0 Å². The van der Waals surface area contributed by atoms with E-state index >= 15 is 0 Å². The summed E-state index contributed by atoms with van der Waals surface area (Å²) in [5, 5.41) is 22.2. The van der Waals surface area contributed by atoms with Gasteiger partial charge >= 0.3 is 0 Å². The van der Waals surface area contributed by atoms with Gasteiger partial charge in [0, 0.05) is 6.54 Å². The van der Waals surface area contributed by atoms with Crippen LogP contribution in [0.5, 0.6) is 11.5 Å². The molecule has 1 aromatic rings. The number of phenols is 2. The van der Waals surface area contributed by atoms with Crippen LogP contribution in [-0.4, -0.2) is 16.8 Å². The van der Waals surface area contributed by atoms with Crippen molar-refractivity contribution in [2.24, 2.45) is 0 Å². The summed E-state index contributed by atoms with van der Waals surface area (Å²) >= 11 is 0. The molecule has 1 aliphatic heterocycles. The van der Waals surface area contributed by atoms with E-state index in [0.29, 0.717) is 0 Å². The van der Waals surface area contributed by atoms with Crippen LogP contribution >= 0.6 is 0 Å². The van der Waals surface area contributed by atoms with Crippen molar-refractivity contribution in [2.45, 2.75) is 19.4 Å². The van der Waals surface area contributed by atoms with Crippen molar-refractivity contribution in [3.8, 4) is 11.5 Å². The summed E-state index contributed by atoms with van der Waals surface area (Å²) in [5.74, 6) is -0.0816. The topological polar surface area (TPSA) is 52.5 Å². The molecule has 0 fully saturated rings. The summed E-state index contributed by atoms with van der Waals surface area (Å²) in [6, 6.07) is 3.44. The molecule has 2 rings (SSSR count). The van der Waals surface area contributed by atoms with E-state index in [4.69, 9.17) is 0 Å². The zero-order valence-corrected chi connectivity index (χ0v) is 8.70. The fourth-order valence-corrected chi connectivity index (χ4v) is 1.98. The van der Waals surface area contributed by atoms with Crippen LogP contribution in [0.25, 0.3) is 0 Å². The molecule has 1 aromatic carbocycles. The van der Waals surface area contributed by atoms with Gasteiger partial charge in [0.1, 0.15) is 0 Å². The van der Waals surface area contributed by atoms with Gasteiger partial charge in [0.2, 0.25) is 0 Å². The second kappa shape index (κ2) is 3.95. The molecule has 0 aromatic heterocycles. The van der Waals surface area contributed by atoms with Crippen molar-refractivity contribution < 1.29 is 10.2 Å². The second-order valence-electron chi connectivity index (χ2n) is 3.75. The first kappa shape index (κ1) is 10.1. The third-order valence-electron chi connectivity index (χ3n) is 2.71. The van der Waals surface area contributed by atoms with Gasteiger partial charge in [0.25, 0.3) is 0 Å². The molecular formula is C12H15NO2. The van der Waals surface area contributed by atoms with Crippen molar-refractivity contribution in [1.29, 1.82) is 0 Å². The van der Waals surface area contributed by atoms with Crippen LogP contribution in [0, 0.1) is 0 Å². The first-order valence-electron chi connectivity index (χ1n) is 5.13. The van der Waals surface area contributed by atoms with E-state index in [1.165, 1.54) is 0 Å². The SMILES string of the molecule is CC=CC1NCCc2cc(O)c(O)cc21. The van der Waals surface area contributed by atoms with Crippen LogP contribution in [-0.2, 0) is 6.42 Å². The highest BCUT2D eigenvalue weighted by Crippen LogP contribution is 2.33. The zero-order valence-electron chi connectivity index (χ0n) is 8.70. The number of fused-ring (bicyclic) bond motifs is 1. The molecule has 0 saturated carbocycles. The van der Waals surface area contributed by atoms with Crippen molar-refractivity contribution in [2.75, 3.05) is 6.54 Å². The molecule has 1 atom stereocenters. The molecule has 1 heterocycles. The average Bonchev–Trinajstić information content (AvgIpc) is 2.21. The van der Waals surface area contributed by atoms with Crippen LogP contribution in [0.4, 0.5) is 0 Å². The normalized spacial score (nSPS) is 20.5. The van der Waals surface area contributed by atoms with Crippen LogP contribution < -0.4 is 5.32 Å². The molecular weight excluding hydrogens is 190 g/mol. The Morgan fingerprint density at radius 1 is 1.33 bits per heavy atom. The Labute approximate surface area is 89.1 Å². The van der Waals surface area contributed by atoms with Crippen molar-refractivity contribution in [3.05, 3.63) is 35.4 Å². The maximum Gasteiger partial charge on any atom is 0.157 e. The van der Waals surface area contributed by atoms with Gasteiger partial charge in [-0.25, -0.2) is 0 Å². The summed E-state index contributed by atoms with van der Waals surface area (Å²) in [6.07, 6.45) is 4.92.